The molecule has 0 unspecified atom stereocenters. The van der Waals surface area contributed by atoms with Crippen LogP contribution in [0.2, 0.25) is 0 Å². The van der Waals surface area contributed by atoms with Crippen molar-refractivity contribution in [2.75, 3.05) is 6.54 Å². The van der Waals surface area contributed by atoms with Crippen LogP contribution in [0, 0.1) is 0 Å². The molecule has 0 aliphatic heterocycles. The molecule has 0 spiro atoms. The van der Waals surface area contributed by atoms with E-state index in [9.17, 15) is 0 Å². The second-order valence-electron chi connectivity index (χ2n) is 4.04. The highest BCUT2D eigenvalue weighted by atomic mass is 35.5. The van der Waals surface area contributed by atoms with E-state index in [1.165, 1.54) is 64.2 Å². The van der Waals surface area contributed by atoms with E-state index in [-0.39, 0.29) is 12.4 Å². The summed E-state index contributed by atoms with van der Waals surface area (Å²) in [6, 6.07) is 0. The first-order valence-electron chi connectivity index (χ1n) is 6.21. The minimum Gasteiger partial charge on any atom is -0.358 e. The lowest BCUT2D eigenvalue weighted by Gasteiger charge is -2.00. The Morgan fingerprint density at radius 1 is 0.643 bits per heavy atom. The minimum absolute atomic E-state index is 0. The maximum atomic E-state index is 3.85. The summed E-state index contributed by atoms with van der Waals surface area (Å²) in [6.45, 7) is 3.40. The number of hydrogen-bond donors (Lipinski definition) is 1. The summed E-state index contributed by atoms with van der Waals surface area (Å²) in [6.07, 6.45) is 14.2. The summed E-state index contributed by atoms with van der Waals surface area (Å²) in [5.41, 5.74) is 3.85. The van der Waals surface area contributed by atoms with Crippen LogP contribution < -0.4 is 5.73 Å². The fourth-order valence-electron chi connectivity index (χ4n) is 1.66. The molecular formula is C12H29ClN+. The van der Waals surface area contributed by atoms with Crippen LogP contribution in [-0.2, 0) is 0 Å². The lowest BCUT2D eigenvalue weighted by Crippen LogP contribution is -2.50. The predicted molar refractivity (Wildman–Crippen MR) is 66.8 cm³/mol. The minimum atomic E-state index is 0. The molecule has 0 bridgehead atoms. The maximum Gasteiger partial charge on any atom is 0.0739 e. The van der Waals surface area contributed by atoms with Gasteiger partial charge in [-0.15, -0.1) is 12.4 Å². The van der Waals surface area contributed by atoms with Gasteiger partial charge in [-0.05, 0) is 12.8 Å². The smallest absolute Gasteiger partial charge is 0.0739 e. The molecule has 14 heavy (non-hydrogen) atoms. The Morgan fingerprint density at radius 3 is 1.36 bits per heavy atom. The van der Waals surface area contributed by atoms with Crippen molar-refractivity contribution < 1.29 is 5.73 Å². The fraction of sp³-hybridized carbons (Fsp3) is 1.00. The van der Waals surface area contributed by atoms with Gasteiger partial charge in [0.2, 0.25) is 0 Å². The van der Waals surface area contributed by atoms with Crippen molar-refractivity contribution >= 4 is 12.4 Å². The summed E-state index contributed by atoms with van der Waals surface area (Å²) in [5, 5.41) is 0. The monoisotopic (exact) mass is 222 g/mol. The molecule has 0 saturated heterocycles. The third-order valence-electron chi connectivity index (χ3n) is 2.60. The molecule has 88 valence electrons. The van der Waals surface area contributed by atoms with Crippen LogP contribution in [0.1, 0.15) is 71.1 Å². The molecule has 3 N–H and O–H groups in total. The second-order valence-corrected chi connectivity index (χ2v) is 4.04. The molecule has 0 fully saturated rings. The Labute approximate surface area is 96.2 Å². The zero-order valence-electron chi connectivity index (χ0n) is 9.89. The molecule has 0 aromatic heterocycles. The Hall–Kier alpha value is 0.250. The van der Waals surface area contributed by atoms with Crippen molar-refractivity contribution in [3.05, 3.63) is 0 Å². The molecule has 0 aromatic carbocycles. The highest BCUT2D eigenvalue weighted by molar-refractivity contribution is 5.85. The molecule has 0 atom stereocenters. The fourth-order valence-corrected chi connectivity index (χ4v) is 1.66. The van der Waals surface area contributed by atoms with Crippen LogP contribution in [0.25, 0.3) is 0 Å². The third-order valence-corrected chi connectivity index (χ3v) is 2.60. The highest BCUT2D eigenvalue weighted by Crippen LogP contribution is 2.09. The lowest BCUT2D eigenvalue weighted by molar-refractivity contribution is -0.368. The molecule has 0 aromatic rings. The summed E-state index contributed by atoms with van der Waals surface area (Å²) in [7, 11) is 0. The number of halogens is 1. The van der Waals surface area contributed by atoms with E-state index in [0.29, 0.717) is 0 Å². The summed E-state index contributed by atoms with van der Waals surface area (Å²) in [5.74, 6) is 0. The summed E-state index contributed by atoms with van der Waals surface area (Å²) >= 11 is 0. The van der Waals surface area contributed by atoms with Gasteiger partial charge in [0.25, 0.3) is 0 Å². The van der Waals surface area contributed by atoms with Crippen LogP contribution in [0.5, 0.6) is 0 Å². The Balaban J connectivity index is 0. The van der Waals surface area contributed by atoms with Crippen LogP contribution in [0.15, 0.2) is 0 Å². The molecule has 0 radical (unpaired) electrons. The van der Waals surface area contributed by atoms with Crippen LogP contribution in [-0.4, -0.2) is 6.54 Å². The zero-order valence-corrected chi connectivity index (χ0v) is 10.7. The normalized spacial score (nSPS) is 9.86. The predicted octanol–water partition coefficient (Wildman–Crippen LogP) is 3.57. The Morgan fingerprint density at radius 2 is 1.00 bits per heavy atom. The van der Waals surface area contributed by atoms with Crippen molar-refractivity contribution in [3.8, 4) is 0 Å². The maximum absolute atomic E-state index is 3.85. The number of unbranched alkanes of at least 4 members (excludes halogenated alkanes) is 9. The number of hydrogen-bond acceptors (Lipinski definition) is 0. The van der Waals surface area contributed by atoms with E-state index >= 15 is 0 Å². The molecule has 1 nitrogen and oxygen atoms in total. The molecule has 2 heteroatoms. The van der Waals surface area contributed by atoms with E-state index in [1.807, 2.05) is 0 Å². The van der Waals surface area contributed by atoms with Crippen molar-refractivity contribution in [3.63, 3.8) is 0 Å². The quantitative estimate of drug-likeness (QED) is 0.548. The highest BCUT2D eigenvalue weighted by Gasteiger charge is 1.91. The first-order chi connectivity index (χ1) is 6.41. The Bertz CT molecular complexity index is 76.4. The second kappa shape index (κ2) is 15.7. The van der Waals surface area contributed by atoms with Gasteiger partial charge in [-0.3, -0.25) is 0 Å². The van der Waals surface area contributed by atoms with E-state index in [0.717, 1.165) is 6.54 Å². The van der Waals surface area contributed by atoms with E-state index in [2.05, 4.69) is 12.7 Å². The van der Waals surface area contributed by atoms with Crippen LogP contribution in [0.4, 0.5) is 0 Å². The lowest BCUT2D eigenvalue weighted by atomic mass is 10.1. The Kier molecular flexibility index (Phi) is 18.7. The largest absolute Gasteiger partial charge is 0.358 e. The zero-order chi connectivity index (χ0) is 9.78. The van der Waals surface area contributed by atoms with E-state index in [4.69, 9.17) is 0 Å². The van der Waals surface area contributed by atoms with Crippen LogP contribution in [0.3, 0.4) is 0 Å². The van der Waals surface area contributed by atoms with Gasteiger partial charge >= 0.3 is 0 Å². The van der Waals surface area contributed by atoms with Gasteiger partial charge in [0.05, 0.1) is 6.54 Å². The van der Waals surface area contributed by atoms with Gasteiger partial charge in [0.15, 0.2) is 0 Å². The molecule has 0 amide bonds. The van der Waals surface area contributed by atoms with E-state index in [1.54, 1.807) is 0 Å². The topological polar surface area (TPSA) is 27.6 Å². The van der Waals surface area contributed by atoms with Gasteiger partial charge in [-0.2, -0.15) is 0 Å². The van der Waals surface area contributed by atoms with Gasteiger partial charge < -0.3 is 5.73 Å². The van der Waals surface area contributed by atoms with Crippen molar-refractivity contribution in [2.45, 2.75) is 71.1 Å². The van der Waals surface area contributed by atoms with Crippen molar-refractivity contribution in [1.82, 2.24) is 0 Å². The average Bonchev–Trinajstić information content (AvgIpc) is 2.16. The summed E-state index contributed by atoms with van der Waals surface area (Å²) in [4.78, 5) is 0. The van der Waals surface area contributed by atoms with Gasteiger partial charge in [-0.1, -0.05) is 58.3 Å². The van der Waals surface area contributed by atoms with Crippen molar-refractivity contribution in [1.29, 1.82) is 0 Å². The summed E-state index contributed by atoms with van der Waals surface area (Å²) < 4.78 is 0. The van der Waals surface area contributed by atoms with Crippen LogP contribution >= 0.6 is 12.4 Å². The molecule has 0 rings (SSSR count). The first-order valence-corrected chi connectivity index (χ1v) is 6.21. The average molecular weight is 223 g/mol. The number of rotatable bonds is 10. The van der Waals surface area contributed by atoms with Crippen molar-refractivity contribution in [2.24, 2.45) is 0 Å². The molecule has 0 aliphatic carbocycles. The first kappa shape index (κ1) is 16.7. The molecular weight excluding hydrogens is 194 g/mol. The van der Waals surface area contributed by atoms with Gasteiger partial charge in [-0.25, -0.2) is 0 Å². The number of quaternary nitrogens is 1. The SMILES string of the molecule is CCCCCCCCCCCC[NH3+].Cl. The van der Waals surface area contributed by atoms with Gasteiger partial charge in [0.1, 0.15) is 0 Å². The third kappa shape index (κ3) is 14.8. The molecule has 0 aliphatic rings. The molecule has 0 heterocycles. The van der Waals surface area contributed by atoms with Gasteiger partial charge in [0, 0.05) is 0 Å². The molecule has 0 saturated carbocycles. The van der Waals surface area contributed by atoms with E-state index < -0.39 is 0 Å². The standard InChI is InChI=1S/C12H27N.ClH/c1-2-3-4-5-6-7-8-9-10-11-12-13;/h2-13H2,1H3;1H/p+1.